The van der Waals surface area contributed by atoms with Gasteiger partial charge in [0.2, 0.25) is 0 Å². The molecule has 98 valence electrons. The largest absolute Gasteiger partial charge is 0.317 e. The van der Waals surface area contributed by atoms with Crippen molar-refractivity contribution in [3.63, 3.8) is 0 Å². The SMILES string of the molecule is CC(c1ccc(Cl)cc1)N1CC2(CCNCC2)C1. The van der Waals surface area contributed by atoms with Gasteiger partial charge in [0.05, 0.1) is 0 Å². The van der Waals surface area contributed by atoms with E-state index in [1.54, 1.807) is 0 Å². The molecule has 1 N–H and O–H groups in total. The first kappa shape index (κ1) is 12.5. The number of nitrogens with zero attached hydrogens (tertiary/aromatic N) is 1. The van der Waals surface area contributed by atoms with Gasteiger partial charge in [0.15, 0.2) is 0 Å². The van der Waals surface area contributed by atoms with Crippen LogP contribution in [-0.2, 0) is 0 Å². The predicted octanol–water partition coefficient (Wildman–Crippen LogP) is 3.09. The maximum Gasteiger partial charge on any atom is 0.0406 e. The molecule has 2 fully saturated rings. The summed E-state index contributed by atoms with van der Waals surface area (Å²) < 4.78 is 0. The number of rotatable bonds is 2. The highest BCUT2D eigenvalue weighted by molar-refractivity contribution is 6.30. The van der Waals surface area contributed by atoms with Crippen molar-refractivity contribution in [3.8, 4) is 0 Å². The Hall–Kier alpha value is -0.570. The molecule has 3 rings (SSSR count). The lowest BCUT2D eigenvalue weighted by Crippen LogP contribution is -2.60. The Kier molecular flexibility index (Phi) is 3.35. The van der Waals surface area contributed by atoms with E-state index >= 15 is 0 Å². The predicted molar refractivity (Wildman–Crippen MR) is 76.0 cm³/mol. The molecule has 0 bridgehead atoms. The molecule has 0 aromatic heterocycles. The quantitative estimate of drug-likeness (QED) is 0.883. The number of hydrogen-bond acceptors (Lipinski definition) is 2. The van der Waals surface area contributed by atoms with E-state index in [0.29, 0.717) is 11.5 Å². The number of hydrogen-bond donors (Lipinski definition) is 1. The summed E-state index contributed by atoms with van der Waals surface area (Å²) in [6.45, 7) is 7.22. The van der Waals surface area contributed by atoms with Crippen LogP contribution < -0.4 is 5.32 Å². The monoisotopic (exact) mass is 264 g/mol. The summed E-state index contributed by atoms with van der Waals surface area (Å²) in [6, 6.07) is 8.81. The first-order valence-electron chi connectivity index (χ1n) is 6.89. The molecular weight excluding hydrogens is 244 g/mol. The summed E-state index contributed by atoms with van der Waals surface area (Å²) in [6.07, 6.45) is 2.69. The number of piperidine rings is 1. The lowest BCUT2D eigenvalue weighted by molar-refractivity contribution is -0.0472. The van der Waals surface area contributed by atoms with Crippen molar-refractivity contribution in [2.24, 2.45) is 5.41 Å². The van der Waals surface area contributed by atoms with Crippen LogP contribution in [0.5, 0.6) is 0 Å². The van der Waals surface area contributed by atoms with Gasteiger partial charge in [-0.15, -0.1) is 0 Å². The second kappa shape index (κ2) is 4.84. The number of nitrogens with one attached hydrogen (secondary N) is 1. The summed E-state index contributed by atoms with van der Waals surface area (Å²) in [5, 5.41) is 4.28. The third kappa shape index (κ3) is 2.29. The van der Waals surface area contributed by atoms with E-state index in [9.17, 15) is 0 Å². The molecule has 0 saturated carbocycles. The average molecular weight is 265 g/mol. The van der Waals surface area contributed by atoms with Crippen LogP contribution in [0.25, 0.3) is 0 Å². The smallest absolute Gasteiger partial charge is 0.0406 e. The lowest BCUT2D eigenvalue weighted by Gasteiger charge is -2.55. The fourth-order valence-electron chi connectivity index (χ4n) is 3.31. The van der Waals surface area contributed by atoms with E-state index in [4.69, 9.17) is 11.6 Å². The Labute approximate surface area is 114 Å². The van der Waals surface area contributed by atoms with E-state index in [2.05, 4.69) is 29.3 Å². The summed E-state index contributed by atoms with van der Waals surface area (Å²) in [4.78, 5) is 2.59. The van der Waals surface area contributed by atoms with Crippen LogP contribution >= 0.6 is 11.6 Å². The van der Waals surface area contributed by atoms with Gasteiger partial charge in [0.1, 0.15) is 0 Å². The summed E-state index contributed by atoms with van der Waals surface area (Å²) in [5.41, 5.74) is 1.99. The van der Waals surface area contributed by atoms with Gasteiger partial charge in [0.25, 0.3) is 0 Å². The first-order valence-corrected chi connectivity index (χ1v) is 7.27. The molecule has 3 heteroatoms. The normalized spacial score (nSPS) is 24.8. The van der Waals surface area contributed by atoms with Gasteiger partial charge >= 0.3 is 0 Å². The highest BCUT2D eigenvalue weighted by Gasteiger charge is 2.44. The van der Waals surface area contributed by atoms with E-state index in [0.717, 1.165) is 5.02 Å². The topological polar surface area (TPSA) is 15.3 Å². The van der Waals surface area contributed by atoms with Crippen molar-refractivity contribution in [1.29, 1.82) is 0 Å². The molecule has 2 saturated heterocycles. The molecule has 0 aliphatic carbocycles. The standard InChI is InChI=1S/C15H21ClN2/c1-12(13-2-4-14(16)5-3-13)18-10-15(11-18)6-8-17-9-7-15/h2-5,12,17H,6-11H2,1H3. The van der Waals surface area contributed by atoms with Gasteiger partial charge in [-0.3, -0.25) is 4.90 Å². The van der Waals surface area contributed by atoms with Gasteiger partial charge in [-0.2, -0.15) is 0 Å². The molecule has 1 aromatic carbocycles. The van der Waals surface area contributed by atoms with Crippen molar-refractivity contribution in [3.05, 3.63) is 34.9 Å². The Bertz CT molecular complexity index is 401. The van der Waals surface area contributed by atoms with Crippen LogP contribution in [-0.4, -0.2) is 31.1 Å². The van der Waals surface area contributed by atoms with Crippen LogP contribution in [0.2, 0.25) is 5.02 Å². The molecule has 2 heterocycles. The molecule has 2 nitrogen and oxygen atoms in total. The summed E-state index contributed by atoms with van der Waals surface area (Å²) >= 11 is 5.94. The summed E-state index contributed by atoms with van der Waals surface area (Å²) in [5.74, 6) is 0. The van der Waals surface area contributed by atoms with Crippen LogP contribution in [0.4, 0.5) is 0 Å². The average Bonchev–Trinajstić information content (AvgIpc) is 2.37. The molecule has 0 radical (unpaired) electrons. The van der Waals surface area contributed by atoms with Crippen molar-refractivity contribution < 1.29 is 0 Å². The highest BCUT2D eigenvalue weighted by atomic mass is 35.5. The fourth-order valence-corrected chi connectivity index (χ4v) is 3.44. The Morgan fingerprint density at radius 3 is 2.39 bits per heavy atom. The van der Waals surface area contributed by atoms with Crippen molar-refractivity contribution in [2.75, 3.05) is 26.2 Å². The Morgan fingerprint density at radius 2 is 1.78 bits per heavy atom. The van der Waals surface area contributed by atoms with E-state index in [1.165, 1.54) is 44.6 Å². The third-order valence-corrected chi connectivity index (χ3v) is 4.89. The van der Waals surface area contributed by atoms with Crippen molar-refractivity contribution >= 4 is 11.6 Å². The lowest BCUT2D eigenvalue weighted by atomic mass is 9.71. The van der Waals surface area contributed by atoms with Crippen molar-refractivity contribution in [2.45, 2.75) is 25.8 Å². The molecule has 2 aliphatic rings. The summed E-state index contributed by atoms with van der Waals surface area (Å²) in [7, 11) is 0. The maximum absolute atomic E-state index is 5.94. The molecule has 1 atom stereocenters. The highest BCUT2D eigenvalue weighted by Crippen LogP contribution is 2.42. The molecule has 1 aromatic rings. The van der Waals surface area contributed by atoms with Crippen LogP contribution in [0.15, 0.2) is 24.3 Å². The minimum Gasteiger partial charge on any atom is -0.317 e. The molecule has 1 spiro atoms. The molecular formula is C15H21ClN2. The Morgan fingerprint density at radius 1 is 1.17 bits per heavy atom. The van der Waals surface area contributed by atoms with Crippen LogP contribution in [0.3, 0.4) is 0 Å². The number of likely N-dealkylation sites (tertiary alicyclic amines) is 1. The third-order valence-electron chi connectivity index (χ3n) is 4.64. The van der Waals surface area contributed by atoms with Crippen molar-refractivity contribution in [1.82, 2.24) is 10.2 Å². The van der Waals surface area contributed by atoms with Gasteiger partial charge in [-0.05, 0) is 56.0 Å². The van der Waals surface area contributed by atoms with Crippen LogP contribution in [0.1, 0.15) is 31.4 Å². The molecule has 2 aliphatic heterocycles. The van der Waals surface area contributed by atoms with Gasteiger partial charge in [-0.1, -0.05) is 23.7 Å². The zero-order valence-corrected chi connectivity index (χ0v) is 11.7. The van der Waals surface area contributed by atoms with Gasteiger partial charge in [-0.25, -0.2) is 0 Å². The second-order valence-electron chi connectivity index (χ2n) is 5.88. The Balaban J connectivity index is 1.62. The second-order valence-corrected chi connectivity index (χ2v) is 6.32. The van der Waals surface area contributed by atoms with Crippen LogP contribution in [0, 0.1) is 5.41 Å². The number of halogens is 1. The van der Waals surface area contributed by atoms with E-state index in [-0.39, 0.29) is 0 Å². The maximum atomic E-state index is 5.94. The van der Waals surface area contributed by atoms with E-state index in [1.807, 2.05) is 12.1 Å². The minimum absolute atomic E-state index is 0.516. The molecule has 0 amide bonds. The molecule has 18 heavy (non-hydrogen) atoms. The van der Waals surface area contributed by atoms with E-state index < -0.39 is 0 Å². The fraction of sp³-hybridized carbons (Fsp3) is 0.600. The zero-order valence-electron chi connectivity index (χ0n) is 11.0. The number of benzene rings is 1. The molecule has 1 unspecified atom stereocenters. The first-order chi connectivity index (χ1) is 8.69. The zero-order chi connectivity index (χ0) is 12.6. The van der Waals surface area contributed by atoms with Gasteiger partial charge in [0, 0.05) is 24.2 Å². The minimum atomic E-state index is 0.516. The van der Waals surface area contributed by atoms with Gasteiger partial charge < -0.3 is 5.32 Å².